The molecule has 3 rings (SSSR count). The third kappa shape index (κ3) is 5.82. The van der Waals surface area contributed by atoms with Crippen LogP contribution in [0.25, 0.3) is 11.0 Å². The van der Waals surface area contributed by atoms with Crippen LogP contribution in [0.1, 0.15) is 5.69 Å². The number of benzene rings is 1. The van der Waals surface area contributed by atoms with E-state index in [9.17, 15) is 26.3 Å². The molecule has 1 aromatic carbocycles. The summed E-state index contributed by atoms with van der Waals surface area (Å²) in [4.78, 5) is 10.9. The van der Waals surface area contributed by atoms with E-state index in [0.29, 0.717) is 23.3 Å². The summed E-state index contributed by atoms with van der Waals surface area (Å²) in [7, 11) is 1.49. The first-order valence-corrected chi connectivity index (χ1v) is 8.68. The van der Waals surface area contributed by atoms with Gasteiger partial charge in [-0.05, 0) is 6.07 Å². The highest BCUT2D eigenvalue weighted by Crippen LogP contribution is 2.39. The van der Waals surface area contributed by atoms with Crippen molar-refractivity contribution in [3.63, 3.8) is 0 Å². The second-order valence-electron chi connectivity index (χ2n) is 5.43. The van der Waals surface area contributed by atoms with Crippen LogP contribution in [0.2, 0.25) is 0 Å². The van der Waals surface area contributed by atoms with Crippen molar-refractivity contribution in [2.24, 2.45) is 0 Å². The number of aromatic nitrogens is 3. The number of pyridine rings is 1. The third-order valence-electron chi connectivity index (χ3n) is 3.36. The molecule has 0 fully saturated rings. The van der Waals surface area contributed by atoms with E-state index in [1.54, 1.807) is 12.1 Å². The van der Waals surface area contributed by atoms with Gasteiger partial charge in [0.2, 0.25) is 0 Å². The van der Waals surface area contributed by atoms with E-state index in [-0.39, 0.29) is 16.2 Å². The number of hydrogen-bond donors (Lipinski definition) is 1. The molecule has 0 radical (unpaired) electrons. The minimum atomic E-state index is -5.21. The van der Waals surface area contributed by atoms with Crippen molar-refractivity contribution in [1.29, 1.82) is 0 Å². The summed E-state index contributed by atoms with van der Waals surface area (Å²) in [5.41, 5.74) is 0.650. The number of nitrogens with zero attached hydrogens (tertiary/aromatic N) is 2. The van der Waals surface area contributed by atoms with Crippen LogP contribution in [0.5, 0.6) is 17.2 Å². The molecule has 0 aliphatic rings. The van der Waals surface area contributed by atoms with E-state index < -0.39 is 24.2 Å². The van der Waals surface area contributed by atoms with Crippen molar-refractivity contribution in [1.82, 2.24) is 15.0 Å². The molecule has 156 valence electrons. The number of thioether (sulfide) groups is 1. The van der Waals surface area contributed by atoms with Gasteiger partial charge in [-0.15, -0.1) is 26.3 Å². The SMILES string of the molecule is COc1ccnc(CSc2nc3cc(OC(F)(F)F)c(OC(F)(F)F)cc3[nH]2)c1. The van der Waals surface area contributed by atoms with Crippen LogP contribution in [-0.2, 0) is 5.75 Å². The largest absolute Gasteiger partial charge is 0.573 e. The molecule has 0 amide bonds. The Hall–Kier alpha value is -2.83. The minimum Gasteiger partial charge on any atom is -0.497 e. The summed E-state index contributed by atoms with van der Waals surface area (Å²) < 4.78 is 87.5. The van der Waals surface area contributed by atoms with E-state index in [1.165, 1.54) is 13.3 Å². The Balaban J connectivity index is 1.87. The highest BCUT2D eigenvalue weighted by atomic mass is 32.2. The number of imidazole rings is 1. The van der Waals surface area contributed by atoms with Gasteiger partial charge in [-0.3, -0.25) is 4.98 Å². The van der Waals surface area contributed by atoms with Crippen LogP contribution >= 0.6 is 11.8 Å². The molecule has 0 saturated heterocycles. The van der Waals surface area contributed by atoms with E-state index in [1.807, 2.05) is 0 Å². The molecule has 2 heterocycles. The zero-order chi connectivity index (χ0) is 21.2. The van der Waals surface area contributed by atoms with Crippen molar-refractivity contribution < 1.29 is 40.6 Å². The maximum absolute atomic E-state index is 12.5. The first kappa shape index (κ1) is 20.9. The third-order valence-corrected chi connectivity index (χ3v) is 4.26. The fourth-order valence-electron chi connectivity index (χ4n) is 2.28. The van der Waals surface area contributed by atoms with Gasteiger partial charge in [0.25, 0.3) is 0 Å². The quantitative estimate of drug-likeness (QED) is 0.428. The van der Waals surface area contributed by atoms with Crippen LogP contribution in [-0.4, -0.2) is 34.8 Å². The van der Waals surface area contributed by atoms with Gasteiger partial charge in [-0.25, -0.2) is 4.98 Å². The minimum absolute atomic E-state index is 0.0279. The standard InChI is InChI=1S/C16H11F6N3O3S/c1-26-9-2-3-23-8(4-9)7-29-14-24-10-5-12(27-15(17,18)19)13(6-11(10)25-14)28-16(20,21)22/h2-6H,7H2,1H3,(H,24,25). The number of nitrogens with one attached hydrogen (secondary N) is 1. The van der Waals surface area contributed by atoms with Gasteiger partial charge in [0.05, 0.1) is 23.8 Å². The van der Waals surface area contributed by atoms with Crippen LogP contribution in [0.15, 0.2) is 35.6 Å². The molecule has 0 unspecified atom stereocenters. The van der Waals surface area contributed by atoms with E-state index in [2.05, 4.69) is 24.4 Å². The lowest BCUT2D eigenvalue weighted by atomic mass is 10.3. The topological polar surface area (TPSA) is 69.3 Å². The monoisotopic (exact) mass is 439 g/mol. The Bertz CT molecular complexity index is 953. The van der Waals surface area contributed by atoms with Crippen molar-refractivity contribution in [2.45, 2.75) is 23.6 Å². The molecule has 0 aliphatic carbocycles. The molecule has 0 atom stereocenters. The second-order valence-corrected chi connectivity index (χ2v) is 6.39. The molecule has 2 aromatic heterocycles. The van der Waals surface area contributed by atoms with Crippen LogP contribution in [0.3, 0.4) is 0 Å². The van der Waals surface area contributed by atoms with Gasteiger partial charge >= 0.3 is 12.7 Å². The van der Waals surface area contributed by atoms with Crippen molar-refractivity contribution in [3.8, 4) is 17.2 Å². The molecule has 0 aliphatic heterocycles. The fourth-order valence-corrected chi connectivity index (χ4v) is 3.06. The summed E-state index contributed by atoms with van der Waals surface area (Å²) in [5.74, 6) is -1.38. The van der Waals surface area contributed by atoms with Gasteiger partial charge in [0, 0.05) is 30.1 Å². The highest BCUT2D eigenvalue weighted by Gasteiger charge is 2.37. The smallest absolute Gasteiger partial charge is 0.497 e. The maximum Gasteiger partial charge on any atom is 0.573 e. The molecule has 6 nitrogen and oxygen atoms in total. The number of H-pyrrole nitrogens is 1. The number of halogens is 6. The number of rotatable bonds is 6. The molecule has 0 spiro atoms. The molecular formula is C16H11F6N3O3S. The van der Waals surface area contributed by atoms with Gasteiger partial charge in [0.1, 0.15) is 5.75 Å². The maximum atomic E-state index is 12.5. The number of alkyl halides is 6. The number of hydrogen-bond acceptors (Lipinski definition) is 6. The van der Waals surface area contributed by atoms with Gasteiger partial charge in [-0.1, -0.05) is 11.8 Å². The number of fused-ring (bicyclic) bond motifs is 1. The molecule has 29 heavy (non-hydrogen) atoms. The molecule has 1 N–H and O–H groups in total. The van der Waals surface area contributed by atoms with E-state index >= 15 is 0 Å². The molecular weight excluding hydrogens is 428 g/mol. The van der Waals surface area contributed by atoms with E-state index in [0.717, 1.165) is 17.8 Å². The Labute approximate surface area is 163 Å². The zero-order valence-electron chi connectivity index (χ0n) is 14.4. The highest BCUT2D eigenvalue weighted by molar-refractivity contribution is 7.98. The predicted molar refractivity (Wildman–Crippen MR) is 89.8 cm³/mol. The average Bonchev–Trinajstić information content (AvgIpc) is 2.99. The number of aromatic amines is 1. The number of methoxy groups -OCH3 is 1. The predicted octanol–water partition coefficient (Wildman–Crippen LogP) is 5.06. The zero-order valence-corrected chi connectivity index (χ0v) is 15.2. The lowest BCUT2D eigenvalue weighted by Crippen LogP contribution is -2.21. The summed E-state index contributed by atoms with van der Waals surface area (Å²) in [6.07, 6.45) is -8.87. The van der Waals surface area contributed by atoms with Crippen LogP contribution in [0.4, 0.5) is 26.3 Å². The Morgan fingerprint density at radius 1 is 1.00 bits per heavy atom. The summed E-state index contributed by atoms with van der Waals surface area (Å²) in [5, 5.41) is 0.256. The normalized spacial score (nSPS) is 12.2. The van der Waals surface area contributed by atoms with E-state index in [4.69, 9.17) is 4.74 Å². The van der Waals surface area contributed by atoms with Gasteiger partial charge < -0.3 is 19.2 Å². The number of ether oxygens (including phenoxy) is 3. The Morgan fingerprint density at radius 2 is 1.66 bits per heavy atom. The lowest BCUT2D eigenvalue weighted by Gasteiger charge is -2.15. The van der Waals surface area contributed by atoms with Crippen molar-refractivity contribution in [2.75, 3.05) is 7.11 Å². The molecule has 0 saturated carbocycles. The van der Waals surface area contributed by atoms with Gasteiger partial charge in [-0.2, -0.15) is 0 Å². The average molecular weight is 439 g/mol. The van der Waals surface area contributed by atoms with Gasteiger partial charge in [0.15, 0.2) is 16.7 Å². The van der Waals surface area contributed by atoms with Crippen molar-refractivity contribution in [3.05, 3.63) is 36.2 Å². The summed E-state index contributed by atoms with van der Waals surface area (Å²) in [6.45, 7) is 0. The molecule has 3 aromatic rings. The van der Waals surface area contributed by atoms with Crippen LogP contribution in [0, 0.1) is 0 Å². The Morgan fingerprint density at radius 3 is 2.28 bits per heavy atom. The lowest BCUT2D eigenvalue weighted by molar-refractivity contribution is -0.287. The summed E-state index contributed by atoms with van der Waals surface area (Å²) >= 11 is 1.15. The second kappa shape index (κ2) is 7.89. The first-order valence-electron chi connectivity index (χ1n) is 7.69. The molecule has 13 heteroatoms. The Kier molecular flexibility index (Phi) is 5.68. The molecule has 0 bridgehead atoms. The fraction of sp³-hybridized carbons (Fsp3) is 0.250. The van der Waals surface area contributed by atoms with Crippen LogP contribution < -0.4 is 14.2 Å². The van der Waals surface area contributed by atoms with Crippen molar-refractivity contribution >= 4 is 22.8 Å². The first-order chi connectivity index (χ1) is 13.5. The summed E-state index contributed by atoms with van der Waals surface area (Å²) in [6, 6.07) is 4.79.